The first-order valence-corrected chi connectivity index (χ1v) is 4.64. The van der Waals surface area contributed by atoms with Crippen molar-refractivity contribution in [3.05, 3.63) is 39.9 Å². The number of hydrogen-bond acceptors (Lipinski definition) is 5. The Balaban J connectivity index is 2.77. The molecule has 0 saturated carbocycles. The van der Waals surface area contributed by atoms with Gasteiger partial charge in [0, 0.05) is 18.6 Å². The third-order valence-electron chi connectivity index (χ3n) is 2.15. The maximum absolute atomic E-state index is 10.4. The minimum absolute atomic E-state index is 0.0245. The van der Waals surface area contributed by atoms with Gasteiger partial charge in [0.15, 0.2) is 0 Å². The Hall–Kier alpha value is -1.95. The summed E-state index contributed by atoms with van der Waals surface area (Å²) in [5.41, 5.74) is 0.919. The lowest BCUT2D eigenvalue weighted by Gasteiger charge is -2.09. The van der Waals surface area contributed by atoms with Crippen molar-refractivity contribution in [2.24, 2.45) is 5.16 Å². The number of rotatable bonds is 4. The molecule has 16 heavy (non-hydrogen) atoms. The van der Waals surface area contributed by atoms with E-state index < -0.39 is 11.0 Å². The summed E-state index contributed by atoms with van der Waals surface area (Å²) in [6.45, 7) is 1.58. The number of aliphatic hydroxyl groups is 1. The minimum Gasteiger partial charge on any atom is -0.411 e. The number of benzene rings is 1. The number of nitrogens with zero attached hydrogens (tertiary/aromatic N) is 2. The molecule has 1 aromatic rings. The molecule has 6 nitrogen and oxygen atoms in total. The molecular formula is C10H12N2O4. The predicted octanol–water partition coefficient (Wildman–Crippen LogP) is 1.87. The fourth-order valence-corrected chi connectivity index (χ4v) is 1.26. The van der Waals surface area contributed by atoms with Crippen LogP contribution in [-0.4, -0.2) is 20.9 Å². The molecule has 0 spiro atoms. The van der Waals surface area contributed by atoms with Gasteiger partial charge in [-0.1, -0.05) is 5.16 Å². The van der Waals surface area contributed by atoms with Crippen LogP contribution in [0.1, 0.15) is 25.0 Å². The van der Waals surface area contributed by atoms with Crippen LogP contribution in [-0.2, 0) is 0 Å². The molecule has 86 valence electrons. The van der Waals surface area contributed by atoms with Crippen LogP contribution in [0, 0.1) is 10.1 Å². The Morgan fingerprint density at radius 2 is 2.06 bits per heavy atom. The number of hydrogen-bond donors (Lipinski definition) is 2. The van der Waals surface area contributed by atoms with Crippen molar-refractivity contribution < 1.29 is 15.2 Å². The molecule has 1 aromatic carbocycles. The van der Waals surface area contributed by atoms with Crippen LogP contribution in [0.5, 0.6) is 0 Å². The molecule has 0 saturated heterocycles. The second-order valence-electron chi connectivity index (χ2n) is 3.40. The van der Waals surface area contributed by atoms with Crippen LogP contribution in [0.4, 0.5) is 5.69 Å². The number of aliphatic hydroxyl groups excluding tert-OH is 1. The molecular weight excluding hydrogens is 212 g/mol. The van der Waals surface area contributed by atoms with E-state index in [1.165, 1.54) is 24.3 Å². The summed E-state index contributed by atoms with van der Waals surface area (Å²) in [6, 6.07) is 5.61. The third kappa shape index (κ3) is 3.03. The molecule has 0 heterocycles. The number of non-ortho nitro benzene ring substituents is 1. The summed E-state index contributed by atoms with van der Waals surface area (Å²) in [6.07, 6.45) is -0.634. The summed E-state index contributed by atoms with van der Waals surface area (Å²) in [7, 11) is 0. The molecule has 0 amide bonds. The molecule has 0 aliphatic heterocycles. The van der Waals surface area contributed by atoms with Crippen molar-refractivity contribution in [2.45, 2.75) is 19.4 Å². The van der Waals surface area contributed by atoms with Gasteiger partial charge in [0.2, 0.25) is 0 Å². The molecule has 0 radical (unpaired) electrons. The van der Waals surface area contributed by atoms with Crippen molar-refractivity contribution >= 4 is 11.4 Å². The van der Waals surface area contributed by atoms with Crippen LogP contribution < -0.4 is 0 Å². The highest BCUT2D eigenvalue weighted by atomic mass is 16.6. The topological polar surface area (TPSA) is 96.0 Å². The molecule has 0 aliphatic rings. The fourth-order valence-electron chi connectivity index (χ4n) is 1.26. The summed E-state index contributed by atoms with van der Waals surface area (Å²) < 4.78 is 0. The lowest BCUT2D eigenvalue weighted by Crippen LogP contribution is -2.03. The van der Waals surface area contributed by atoms with Gasteiger partial charge in [-0.15, -0.1) is 0 Å². The van der Waals surface area contributed by atoms with Gasteiger partial charge >= 0.3 is 0 Å². The van der Waals surface area contributed by atoms with E-state index in [1.807, 2.05) is 0 Å². The van der Waals surface area contributed by atoms with Gasteiger partial charge in [0.25, 0.3) is 5.69 Å². The van der Waals surface area contributed by atoms with Gasteiger partial charge in [-0.3, -0.25) is 10.1 Å². The SMILES string of the molecule is C/C(CC(O)c1ccc([N+](=O)[O-])cc1)=N\O. The minimum atomic E-state index is -0.822. The zero-order valence-corrected chi connectivity index (χ0v) is 8.70. The molecule has 0 bridgehead atoms. The Bertz CT molecular complexity index is 400. The van der Waals surface area contributed by atoms with E-state index in [4.69, 9.17) is 5.21 Å². The van der Waals surface area contributed by atoms with Crippen LogP contribution in [0.25, 0.3) is 0 Å². The number of nitro groups is 1. The highest BCUT2D eigenvalue weighted by molar-refractivity contribution is 5.81. The monoisotopic (exact) mass is 224 g/mol. The number of nitro benzene ring substituents is 1. The van der Waals surface area contributed by atoms with Crippen LogP contribution in [0.15, 0.2) is 29.4 Å². The predicted molar refractivity (Wildman–Crippen MR) is 57.6 cm³/mol. The van der Waals surface area contributed by atoms with Crippen LogP contribution in [0.2, 0.25) is 0 Å². The van der Waals surface area contributed by atoms with Gasteiger partial charge in [-0.25, -0.2) is 0 Å². The van der Waals surface area contributed by atoms with Gasteiger partial charge in [-0.05, 0) is 24.6 Å². The van der Waals surface area contributed by atoms with E-state index in [2.05, 4.69) is 5.16 Å². The lowest BCUT2D eigenvalue weighted by molar-refractivity contribution is -0.384. The summed E-state index contributed by atoms with van der Waals surface area (Å²) in [4.78, 5) is 9.89. The average molecular weight is 224 g/mol. The molecule has 1 rings (SSSR count). The summed E-state index contributed by atoms with van der Waals surface area (Å²) >= 11 is 0. The molecule has 1 atom stereocenters. The Labute approximate surface area is 92.0 Å². The maximum Gasteiger partial charge on any atom is 0.269 e. The Kier molecular flexibility index (Phi) is 3.96. The third-order valence-corrected chi connectivity index (χ3v) is 2.15. The van der Waals surface area contributed by atoms with E-state index in [9.17, 15) is 15.2 Å². The van der Waals surface area contributed by atoms with Crippen molar-refractivity contribution in [3.8, 4) is 0 Å². The van der Waals surface area contributed by atoms with E-state index in [0.717, 1.165) is 0 Å². The van der Waals surface area contributed by atoms with E-state index in [-0.39, 0.29) is 12.1 Å². The zero-order valence-electron chi connectivity index (χ0n) is 8.70. The standard InChI is InChI=1S/C10H12N2O4/c1-7(11-14)6-10(13)8-2-4-9(5-3-8)12(15)16/h2-5,10,13-14H,6H2,1H3/b11-7+. The summed E-state index contributed by atoms with van der Waals surface area (Å²) in [5.74, 6) is 0. The first-order chi connectivity index (χ1) is 7.54. The number of oxime groups is 1. The molecule has 0 aromatic heterocycles. The molecule has 0 fully saturated rings. The largest absolute Gasteiger partial charge is 0.411 e. The van der Waals surface area contributed by atoms with Crippen molar-refractivity contribution in [1.29, 1.82) is 0 Å². The van der Waals surface area contributed by atoms with Gasteiger partial charge in [0.05, 0.1) is 16.7 Å². The smallest absolute Gasteiger partial charge is 0.269 e. The zero-order chi connectivity index (χ0) is 12.1. The van der Waals surface area contributed by atoms with Crippen molar-refractivity contribution in [3.63, 3.8) is 0 Å². The molecule has 6 heteroatoms. The Morgan fingerprint density at radius 1 is 1.50 bits per heavy atom. The Morgan fingerprint density at radius 3 is 2.50 bits per heavy atom. The average Bonchev–Trinajstić information content (AvgIpc) is 2.28. The van der Waals surface area contributed by atoms with Crippen LogP contribution in [0.3, 0.4) is 0 Å². The molecule has 0 aliphatic carbocycles. The quantitative estimate of drug-likeness (QED) is 0.353. The second-order valence-corrected chi connectivity index (χ2v) is 3.40. The van der Waals surface area contributed by atoms with E-state index >= 15 is 0 Å². The van der Waals surface area contributed by atoms with Gasteiger partial charge in [0.1, 0.15) is 0 Å². The van der Waals surface area contributed by atoms with E-state index in [0.29, 0.717) is 11.3 Å². The fraction of sp³-hybridized carbons (Fsp3) is 0.300. The van der Waals surface area contributed by atoms with Crippen molar-refractivity contribution in [1.82, 2.24) is 0 Å². The van der Waals surface area contributed by atoms with Crippen molar-refractivity contribution in [2.75, 3.05) is 0 Å². The first kappa shape index (κ1) is 12.1. The molecule has 1 unspecified atom stereocenters. The molecule has 2 N–H and O–H groups in total. The lowest BCUT2D eigenvalue weighted by atomic mass is 10.0. The highest BCUT2D eigenvalue weighted by Gasteiger charge is 2.11. The maximum atomic E-state index is 10.4. The van der Waals surface area contributed by atoms with Gasteiger partial charge in [-0.2, -0.15) is 0 Å². The van der Waals surface area contributed by atoms with E-state index in [1.54, 1.807) is 6.92 Å². The second kappa shape index (κ2) is 5.22. The van der Waals surface area contributed by atoms with Crippen LogP contribution >= 0.6 is 0 Å². The van der Waals surface area contributed by atoms with Gasteiger partial charge < -0.3 is 10.3 Å². The normalized spacial score (nSPS) is 13.5. The summed E-state index contributed by atoms with van der Waals surface area (Å²) in [5, 5.41) is 31.5. The first-order valence-electron chi connectivity index (χ1n) is 4.64. The highest BCUT2D eigenvalue weighted by Crippen LogP contribution is 2.20.